The summed E-state index contributed by atoms with van der Waals surface area (Å²) in [5.74, 6) is -2.03. The summed E-state index contributed by atoms with van der Waals surface area (Å²) < 4.78 is 0. The Morgan fingerprint density at radius 2 is 2.08 bits per heavy atom. The molecule has 0 saturated heterocycles. The summed E-state index contributed by atoms with van der Waals surface area (Å²) in [6, 6.07) is 0. The van der Waals surface area contributed by atoms with Gasteiger partial charge in [0.1, 0.15) is 11.6 Å². The Bertz CT molecular complexity index is 236. The van der Waals surface area contributed by atoms with Crippen LogP contribution in [0.2, 0.25) is 0 Å². The molecule has 0 aromatic heterocycles. The maximum atomic E-state index is 11.3. The number of hydrogen-bond donors (Lipinski definition) is 2. The molecule has 1 amide bonds. The zero-order chi connectivity index (χ0) is 10.4. The first-order chi connectivity index (χ1) is 6.04. The van der Waals surface area contributed by atoms with Gasteiger partial charge in [0.15, 0.2) is 5.78 Å². The molecule has 0 aliphatic carbocycles. The lowest BCUT2D eigenvalue weighted by Crippen LogP contribution is -2.33. The molecule has 0 rings (SSSR count). The van der Waals surface area contributed by atoms with Crippen LogP contribution in [0.4, 0.5) is 0 Å². The van der Waals surface area contributed by atoms with Crippen LogP contribution < -0.4 is 5.73 Å². The number of primary amides is 1. The summed E-state index contributed by atoms with van der Waals surface area (Å²) in [5.41, 5.74) is 4.93. The minimum absolute atomic E-state index is 0.0859. The van der Waals surface area contributed by atoms with Gasteiger partial charge >= 0.3 is 0 Å². The summed E-state index contributed by atoms with van der Waals surface area (Å²) in [5, 5.41) is 11.1. The molecular formula is C8H14N2O3. The minimum atomic E-state index is -0.860. The maximum absolute atomic E-state index is 11.3. The summed E-state index contributed by atoms with van der Waals surface area (Å²) in [7, 11) is 0. The molecule has 0 radical (unpaired) electrons. The van der Waals surface area contributed by atoms with E-state index in [1.807, 2.05) is 6.92 Å². The van der Waals surface area contributed by atoms with Gasteiger partial charge in [-0.3, -0.25) is 9.59 Å². The van der Waals surface area contributed by atoms with Crippen LogP contribution in [0.15, 0.2) is 5.16 Å². The Kier molecular flexibility index (Phi) is 4.72. The molecule has 0 aliphatic heterocycles. The van der Waals surface area contributed by atoms with E-state index in [2.05, 4.69) is 5.16 Å². The van der Waals surface area contributed by atoms with E-state index < -0.39 is 17.6 Å². The third kappa shape index (κ3) is 3.23. The van der Waals surface area contributed by atoms with Gasteiger partial charge in [-0.25, -0.2) is 0 Å². The summed E-state index contributed by atoms with van der Waals surface area (Å²) in [4.78, 5) is 22.1. The van der Waals surface area contributed by atoms with Gasteiger partial charge in [0.05, 0.1) is 0 Å². The fourth-order valence-electron chi connectivity index (χ4n) is 0.993. The lowest BCUT2D eigenvalue weighted by Gasteiger charge is -2.09. The molecule has 0 heterocycles. The van der Waals surface area contributed by atoms with Crippen molar-refractivity contribution in [2.75, 3.05) is 0 Å². The molecule has 1 atom stereocenters. The van der Waals surface area contributed by atoms with Crippen LogP contribution in [0.5, 0.6) is 0 Å². The third-order valence-corrected chi connectivity index (χ3v) is 1.74. The van der Waals surface area contributed by atoms with Gasteiger partial charge in [-0.15, -0.1) is 0 Å². The molecular weight excluding hydrogens is 172 g/mol. The molecule has 5 heteroatoms. The minimum Gasteiger partial charge on any atom is -0.411 e. The number of ketones is 1. The molecule has 0 bridgehead atoms. The number of hydrogen-bond acceptors (Lipinski definition) is 4. The zero-order valence-electron chi connectivity index (χ0n) is 7.78. The normalized spacial score (nSPS) is 13.8. The van der Waals surface area contributed by atoms with E-state index in [-0.39, 0.29) is 5.71 Å². The van der Waals surface area contributed by atoms with Crippen LogP contribution in [0.1, 0.15) is 26.7 Å². The number of rotatable bonds is 5. The van der Waals surface area contributed by atoms with Gasteiger partial charge in [-0.1, -0.05) is 18.5 Å². The highest BCUT2D eigenvalue weighted by Gasteiger charge is 2.25. The first-order valence-electron chi connectivity index (χ1n) is 4.06. The Labute approximate surface area is 76.6 Å². The number of amides is 1. The Balaban J connectivity index is 4.56. The van der Waals surface area contributed by atoms with Crippen molar-refractivity contribution < 1.29 is 14.8 Å². The Hall–Kier alpha value is -1.39. The average molecular weight is 186 g/mol. The van der Waals surface area contributed by atoms with Gasteiger partial charge < -0.3 is 10.9 Å². The lowest BCUT2D eigenvalue weighted by atomic mass is 9.95. The lowest BCUT2D eigenvalue weighted by molar-refractivity contribution is -0.129. The van der Waals surface area contributed by atoms with Crippen molar-refractivity contribution in [1.82, 2.24) is 0 Å². The second kappa shape index (κ2) is 5.29. The van der Waals surface area contributed by atoms with Crippen molar-refractivity contribution in [3.05, 3.63) is 0 Å². The monoisotopic (exact) mass is 186 g/mol. The third-order valence-electron chi connectivity index (χ3n) is 1.74. The molecule has 3 N–H and O–H groups in total. The van der Waals surface area contributed by atoms with Gasteiger partial charge in [0.25, 0.3) is 0 Å². The zero-order valence-corrected chi connectivity index (χ0v) is 7.78. The van der Waals surface area contributed by atoms with E-state index in [1.54, 1.807) is 0 Å². The Morgan fingerprint density at radius 1 is 1.54 bits per heavy atom. The van der Waals surface area contributed by atoms with Gasteiger partial charge in [0.2, 0.25) is 5.91 Å². The van der Waals surface area contributed by atoms with E-state index in [0.29, 0.717) is 12.8 Å². The number of Topliss-reactive ketones (excluding diaryl/α,β-unsaturated/α-hetero) is 1. The topological polar surface area (TPSA) is 92.8 Å². The molecule has 0 aliphatic rings. The van der Waals surface area contributed by atoms with Crippen molar-refractivity contribution in [2.45, 2.75) is 26.7 Å². The van der Waals surface area contributed by atoms with Crippen LogP contribution >= 0.6 is 0 Å². The van der Waals surface area contributed by atoms with Crippen LogP contribution in [-0.2, 0) is 9.59 Å². The van der Waals surface area contributed by atoms with Crippen molar-refractivity contribution in [2.24, 2.45) is 16.8 Å². The predicted molar refractivity (Wildman–Crippen MR) is 47.5 cm³/mol. The number of carbonyl (C=O) groups excluding carboxylic acids is 2. The number of nitrogens with two attached hydrogens (primary N) is 1. The average Bonchev–Trinajstić information content (AvgIpc) is 2.11. The highest BCUT2D eigenvalue weighted by molar-refractivity contribution is 6.42. The van der Waals surface area contributed by atoms with Crippen LogP contribution in [0.3, 0.4) is 0 Å². The fourth-order valence-corrected chi connectivity index (χ4v) is 0.993. The van der Waals surface area contributed by atoms with E-state index in [0.717, 1.165) is 0 Å². The first kappa shape index (κ1) is 11.6. The number of nitrogens with zero attached hydrogens (tertiary/aromatic N) is 1. The number of carbonyl (C=O) groups is 2. The van der Waals surface area contributed by atoms with E-state index in [1.165, 1.54) is 6.92 Å². The molecule has 13 heavy (non-hydrogen) atoms. The second-order valence-electron chi connectivity index (χ2n) is 2.79. The Morgan fingerprint density at radius 3 is 2.38 bits per heavy atom. The highest BCUT2D eigenvalue weighted by Crippen LogP contribution is 2.08. The summed E-state index contributed by atoms with van der Waals surface area (Å²) in [6.07, 6.45) is 1.07. The first-order valence-corrected chi connectivity index (χ1v) is 4.06. The second-order valence-corrected chi connectivity index (χ2v) is 2.79. The van der Waals surface area contributed by atoms with Crippen LogP contribution in [-0.4, -0.2) is 22.6 Å². The predicted octanol–water partition coefficient (Wildman–Crippen LogP) is 0.307. The fraction of sp³-hybridized carbons (Fsp3) is 0.625. The molecule has 0 saturated carbocycles. The molecule has 0 spiro atoms. The van der Waals surface area contributed by atoms with Crippen molar-refractivity contribution in [3.63, 3.8) is 0 Å². The SMILES string of the molecule is CCCC(C(N)=O)C(=O)C(C)=NO. The van der Waals surface area contributed by atoms with Gasteiger partial charge in [-0.2, -0.15) is 0 Å². The van der Waals surface area contributed by atoms with Gasteiger partial charge in [-0.05, 0) is 13.3 Å². The molecule has 74 valence electrons. The van der Waals surface area contributed by atoms with Crippen LogP contribution in [0.25, 0.3) is 0 Å². The van der Waals surface area contributed by atoms with Crippen molar-refractivity contribution in [1.29, 1.82) is 0 Å². The smallest absolute Gasteiger partial charge is 0.228 e. The quantitative estimate of drug-likeness (QED) is 0.280. The standard InChI is InChI=1S/C8H14N2O3/c1-3-4-6(8(9)12)7(11)5(2)10-13/h6,13H,3-4H2,1-2H3,(H2,9,12). The maximum Gasteiger partial charge on any atom is 0.228 e. The van der Waals surface area contributed by atoms with Crippen molar-refractivity contribution in [3.8, 4) is 0 Å². The van der Waals surface area contributed by atoms with E-state index in [9.17, 15) is 9.59 Å². The summed E-state index contributed by atoms with van der Waals surface area (Å²) >= 11 is 0. The highest BCUT2D eigenvalue weighted by atomic mass is 16.4. The molecule has 0 aromatic rings. The number of oxime groups is 1. The van der Waals surface area contributed by atoms with Gasteiger partial charge in [0, 0.05) is 0 Å². The van der Waals surface area contributed by atoms with E-state index >= 15 is 0 Å². The molecule has 1 unspecified atom stereocenters. The molecule has 0 fully saturated rings. The van der Waals surface area contributed by atoms with E-state index in [4.69, 9.17) is 10.9 Å². The largest absolute Gasteiger partial charge is 0.411 e. The molecule has 0 aromatic carbocycles. The molecule has 5 nitrogen and oxygen atoms in total. The van der Waals surface area contributed by atoms with Crippen molar-refractivity contribution >= 4 is 17.4 Å². The summed E-state index contributed by atoms with van der Waals surface area (Å²) in [6.45, 7) is 3.18. The van der Waals surface area contributed by atoms with Crippen LogP contribution in [0, 0.1) is 5.92 Å².